The Kier molecular flexibility index (Phi) is 8.96. The minimum Gasteiger partial charge on any atom is -0.483 e. The molecule has 0 fully saturated rings. The Hall–Kier alpha value is -2.62. The predicted octanol–water partition coefficient (Wildman–Crippen LogP) is -1.90. The van der Waals surface area contributed by atoms with Crippen LogP contribution in [0.2, 0.25) is 0 Å². The highest BCUT2D eigenvalue weighted by atomic mass is 16.3. The number of urea groups is 1. The van der Waals surface area contributed by atoms with Gasteiger partial charge in [0.05, 0.1) is 19.7 Å². The van der Waals surface area contributed by atoms with Crippen molar-refractivity contribution in [3.8, 4) is 0 Å². The summed E-state index contributed by atoms with van der Waals surface area (Å²) in [5.74, 6) is 0.264. The Morgan fingerprint density at radius 2 is 2.20 bits per heavy atom. The van der Waals surface area contributed by atoms with Gasteiger partial charge in [-0.2, -0.15) is 0 Å². The van der Waals surface area contributed by atoms with Gasteiger partial charge in [0.1, 0.15) is 5.82 Å². The van der Waals surface area contributed by atoms with E-state index in [-0.39, 0.29) is 38.6 Å². The first kappa shape index (κ1) is 17.4. The van der Waals surface area contributed by atoms with Gasteiger partial charge in [-0.25, -0.2) is 9.78 Å². The van der Waals surface area contributed by atoms with Crippen molar-refractivity contribution < 1.29 is 24.6 Å². The van der Waals surface area contributed by atoms with Crippen LogP contribution < -0.4 is 11.1 Å². The fourth-order valence-electron chi connectivity index (χ4n) is 1.25. The molecule has 20 heavy (non-hydrogen) atoms. The lowest BCUT2D eigenvalue weighted by molar-refractivity contribution is -0.131. The van der Waals surface area contributed by atoms with E-state index in [1.807, 2.05) is 0 Å². The standard InChI is InChI=1S/C9H15N5O3.CH2O2/c10-9(17)13-5-8(16)14(3-4-15)6-7-11-1-2-12-7;2-1-3/h1-2,15H,3-6H2,(H,11,12)(H3,10,13,17);1H,(H,2,3). The fraction of sp³-hybridized carbons (Fsp3) is 0.400. The van der Waals surface area contributed by atoms with Crippen LogP contribution in [0.1, 0.15) is 5.82 Å². The number of aliphatic hydroxyl groups excluding tert-OH is 1. The minimum absolute atomic E-state index is 0.164. The molecule has 1 aromatic heterocycles. The number of primary amides is 1. The van der Waals surface area contributed by atoms with Crippen molar-refractivity contribution in [3.63, 3.8) is 0 Å². The summed E-state index contributed by atoms with van der Waals surface area (Å²) in [6, 6.07) is -0.764. The summed E-state index contributed by atoms with van der Waals surface area (Å²) in [5.41, 5.74) is 4.86. The van der Waals surface area contributed by atoms with E-state index >= 15 is 0 Å². The van der Waals surface area contributed by atoms with Crippen LogP contribution in [0.25, 0.3) is 0 Å². The number of imidazole rings is 1. The maximum Gasteiger partial charge on any atom is 0.312 e. The number of aromatic amines is 1. The number of H-pyrrole nitrogens is 1. The Morgan fingerprint density at radius 1 is 1.55 bits per heavy atom. The molecule has 112 valence electrons. The molecule has 10 nitrogen and oxygen atoms in total. The number of hydrogen-bond donors (Lipinski definition) is 5. The minimum atomic E-state index is -0.764. The van der Waals surface area contributed by atoms with Crippen LogP contribution in [-0.4, -0.2) is 63.2 Å². The monoisotopic (exact) mass is 287 g/mol. The van der Waals surface area contributed by atoms with Crippen molar-refractivity contribution in [2.75, 3.05) is 19.7 Å². The van der Waals surface area contributed by atoms with E-state index in [1.165, 1.54) is 4.90 Å². The average Bonchev–Trinajstić information content (AvgIpc) is 2.89. The maximum atomic E-state index is 11.7. The zero-order valence-corrected chi connectivity index (χ0v) is 10.7. The van der Waals surface area contributed by atoms with Gasteiger partial charge in [-0.3, -0.25) is 9.59 Å². The van der Waals surface area contributed by atoms with Gasteiger partial charge >= 0.3 is 6.03 Å². The van der Waals surface area contributed by atoms with E-state index in [9.17, 15) is 9.59 Å². The second kappa shape index (κ2) is 10.3. The highest BCUT2D eigenvalue weighted by molar-refractivity contribution is 5.83. The highest BCUT2D eigenvalue weighted by Crippen LogP contribution is 1.98. The molecule has 0 spiro atoms. The topological polar surface area (TPSA) is 162 Å². The van der Waals surface area contributed by atoms with Crippen molar-refractivity contribution in [2.24, 2.45) is 5.73 Å². The number of nitrogens with two attached hydrogens (primary N) is 1. The van der Waals surface area contributed by atoms with E-state index in [0.29, 0.717) is 5.82 Å². The molecular weight excluding hydrogens is 270 g/mol. The first-order valence-corrected chi connectivity index (χ1v) is 5.53. The Balaban J connectivity index is 0.00000110. The molecule has 10 heteroatoms. The number of hydrogen-bond acceptors (Lipinski definition) is 5. The third-order valence-corrected chi connectivity index (χ3v) is 2.03. The number of carboxylic acid groups (broad SMARTS) is 1. The van der Waals surface area contributed by atoms with E-state index < -0.39 is 6.03 Å². The predicted molar refractivity (Wildman–Crippen MR) is 67.4 cm³/mol. The van der Waals surface area contributed by atoms with Crippen molar-refractivity contribution in [3.05, 3.63) is 18.2 Å². The summed E-state index contributed by atoms with van der Waals surface area (Å²) in [4.78, 5) is 38.7. The lowest BCUT2D eigenvalue weighted by Gasteiger charge is -2.20. The first-order chi connectivity index (χ1) is 9.54. The Morgan fingerprint density at radius 3 is 2.65 bits per heavy atom. The van der Waals surface area contributed by atoms with E-state index in [0.717, 1.165) is 0 Å². The normalized spacial score (nSPS) is 9.05. The summed E-state index contributed by atoms with van der Waals surface area (Å²) >= 11 is 0. The summed E-state index contributed by atoms with van der Waals surface area (Å²) < 4.78 is 0. The molecule has 0 unspecified atom stereocenters. The third-order valence-electron chi connectivity index (χ3n) is 2.03. The van der Waals surface area contributed by atoms with Gasteiger partial charge in [0.25, 0.3) is 6.47 Å². The summed E-state index contributed by atoms with van der Waals surface area (Å²) in [6.07, 6.45) is 3.21. The average molecular weight is 287 g/mol. The number of aromatic nitrogens is 2. The molecule has 1 aromatic rings. The molecule has 0 bridgehead atoms. The van der Waals surface area contributed by atoms with Gasteiger partial charge in [-0.15, -0.1) is 0 Å². The van der Waals surface area contributed by atoms with Crippen molar-refractivity contribution in [1.82, 2.24) is 20.2 Å². The molecule has 1 rings (SSSR count). The zero-order chi connectivity index (χ0) is 15.4. The smallest absolute Gasteiger partial charge is 0.312 e. The molecule has 6 N–H and O–H groups in total. The molecule has 0 aliphatic rings. The van der Waals surface area contributed by atoms with Crippen LogP contribution in [0.5, 0.6) is 0 Å². The lowest BCUT2D eigenvalue weighted by atomic mass is 10.4. The highest BCUT2D eigenvalue weighted by Gasteiger charge is 2.14. The number of nitrogens with one attached hydrogen (secondary N) is 2. The van der Waals surface area contributed by atoms with Crippen LogP contribution in [0.4, 0.5) is 4.79 Å². The van der Waals surface area contributed by atoms with Crippen LogP contribution >= 0.6 is 0 Å². The number of aliphatic hydroxyl groups is 1. The molecule has 0 saturated heterocycles. The number of carbonyl (C=O) groups excluding carboxylic acids is 2. The fourth-order valence-corrected chi connectivity index (χ4v) is 1.25. The second-order valence-electron chi connectivity index (χ2n) is 3.40. The van der Waals surface area contributed by atoms with Gasteiger partial charge in [0.2, 0.25) is 5.91 Å². The Labute approximate surface area is 114 Å². The quantitative estimate of drug-likeness (QED) is 0.384. The summed E-state index contributed by atoms with van der Waals surface area (Å²) in [7, 11) is 0. The van der Waals surface area contributed by atoms with Gasteiger partial charge in [-0.1, -0.05) is 0 Å². The van der Waals surface area contributed by atoms with Crippen molar-refractivity contribution in [1.29, 1.82) is 0 Å². The van der Waals surface area contributed by atoms with Crippen molar-refractivity contribution in [2.45, 2.75) is 6.54 Å². The van der Waals surface area contributed by atoms with E-state index in [2.05, 4.69) is 15.3 Å². The number of rotatable bonds is 6. The second-order valence-corrected chi connectivity index (χ2v) is 3.40. The van der Waals surface area contributed by atoms with Gasteiger partial charge in [0.15, 0.2) is 0 Å². The zero-order valence-electron chi connectivity index (χ0n) is 10.7. The summed E-state index contributed by atoms with van der Waals surface area (Å²) in [6.45, 7) is -0.203. The van der Waals surface area contributed by atoms with Crippen LogP contribution in [-0.2, 0) is 16.1 Å². The molecule has 0 aromatic carbocycles. The molecule has 1 heterocycles. The lowest BCUT2D eigenvalue weighted by Crippen LogP contribution is -2.42. The number of nitrogens with zero attached hydrogens (tertiary/aromatic N) is 2. The number of carbonyl (C=O) groups is 3. The largest absolute Gasteiger partial charge is 0.483 e. The molecule has 3 amide bonds. The molecule has 0 aliphatic carbocycles. The van der Waals surface area contributed by atoms with E-state index in [4.69, 9.17) is 20.7 Å². The van der Waals surface area contributed by atoms with Crippen molar-refractivity contribution >= 4 is 18.4 Å². The van der Waals surface area contributed by atoms with Gasteiger partial charge in [0, 0.05) is 18.9 Å². The molecular formula is C10H17N5O5. The summed E-state index contributed by atoms with van der Waals surface area (Å²) in [5, 5.41) is 17.9. The SMILES string of the molecule is NC(=O)NCC(=O)N(CCO)Cc1ncc[nH]1.O=CO. The van der Waals surface area contributed by atoms with E-state index in [1.54, 1.807) is 12.4 Å². The Bertz CT molecular complexity index is 408. The third kappa shape index (κ3) is 7.66. The first-order valence-electron chi connectivity index (χ1n) is 5.53. The maximum absolute atomic E-state index is 11.7. The van der Waals surface area contributed by atoms with Crippen LogP contribution in [0, 0.1) is 0 Å². The molecule has 0 aliphatic heterocycles. The molecule has 0 atom stereocenters. The molecule has 0 saturated carbocycles. The molecule has 0 radical (unpaired) electrons. The van der Waals surface area contributed by atoms with Crippen LogP contribution in [0.3, 0.4) is 0 Å². The van der Waals surface area contributed by atoms with Crippen LogP contribution in [0.15, 0.2) is 12.4 Å². The number of amides is 3. The van der Waals surface area contributed by atoms with Gasteiger partial charge < -0.3 is 31.1 Å². The van der Waals surface area contributed by atoms with Gasteiger partial charge in [-0.05, 0) is 0 Å².